The maximum Gasteiger partial charge on any atom is 1.00 e. The number of carbonyl (C=O) groups is 2. The minimum atomic E-state index is -4.08. The van der Waals surface area contributed by atoms with Gasteiger partial charge in [-0.1, -0.05) is 0 Å². The molecule has 0 amide bonds. The van der Waals surface area contributed by atoms with Crippen LogP contribution in [0.25, 0.3) is 0 Å². The molecule has 74 valence electrons. The van der Waals surface area contributed by atoms with Crippen LogP contribution in [0.2, 0.25) is 0 Å². The van der Waals surface area contributed by atoms with E-state index in [1.165, 1.54) is 13.8 Å². The number of carbonyl (C=O) groups excluding carboxylic acids is 2. The average molecular weight is 321 g/mol. The number of hydrogen-bond donors (Lipinski definition) is 0. The molecular formula is C6H8NaO6Sb. The van der Waals surface area contributed by atoms with Crippen molar-refractivity contribution in [2.75, 3.05) is 0 Å². The molecule has 0 bridgehead atoms. The Bertz CT molecular complexity index is 253. The summed E-state index contributed by atoms with van der Waals surface area (Å²) in [5.41, 5.74) is 0. The molecule has 0 N–H and O–H groups in total. The van der Waals surface area contributed by atoms with Crippen molar-refractivity contribution in [1.82, 2.24) is 0 Å². The molecule has 2 aliphatic heterocycles. The Labute approximate surface area is 109 Å². The van der Waals surface area contributed by atoms with Crippen LogP contribution in [0.1, 0.15) is 13.8 Å². The Balaban J connectivity index is 0.000000980. The van der Waals surface area contributed by atoms with Crippen molar-refractivity contribution in [1.29, 1.82) is 0 Å². The van der Waals surface area contributed by atoms with E-state index in [9.17, 15) is 9.59 Å². The van der Waals surface area contributed by atoms with Crippen LogP contribution in [-0.2, 0) is 21.7 Å². The molecule has 0 saturated carbocycles. The fraction of sp³-hybridized carbons (Fsp3) is 0.667. The molecule has 0 aliphatic carbocycles. The van der Waals surface area contributed by atoms with Gasteiger partial charge in [0.1, 0.15) is 0 Å². The molecule has 8 heteroatoms. The van der Waals surface area contributed by atoms with E-state index in [0.717, 1.165) is 0 Å². The molecular weight excluding hydrogens is 313 g/mol. The van der Waals surface area contributed by atoms with Gasteiger partial charge in [0.2, 0.25) is 0 Å². The van der Waals surface area contributed by atoms with Crippen LogP contribution in [0.15, 0.2) is 0 Å². The van der Waals surface area contributed by atoms with Crippen molar-refractivity contribution in [2.24, 2.45) is 0 Å². The van der Waals surface area contributed by atoms with E-state index in [2.05, 4.69) is 0 Å². The summed E-state index contributed by atoms with van der Waals surface area (Å²) >= 11 is -4.08. The van der Waals surface area contributed by atoms with E-state index in [-0.39, 0.29) is 29.6 Å². The Kier molecular flexibility index (Phi) is 3.89. The quantitative estimate of drug-likeness (QED) is 0.429. The Morgan fingerprint density at radius 1 is 1.00 bits per heavy atom. The second-order valence-corrected chi connectivity index (χ2v) is 7.56. The topological polar surface area (TPSA) is 71.1 Å². The van der Waals surface area contributed by atoms with Crippen molar-refractivity contribution in [3.8, 4) is 0 Å². The van der Waals surface area contributed by atoms with Crippen LogP contribution in [0, 0.1) is 0 Å². The summed E-state index contributed by atoms with van der Waals surface area (Å²) in [7, 11) is 0. The first-order chi connectivity index (χ1) is 6.02. The van der Waals surface area contributed by atoms with Gasteiger partial charge >= 0.3 is 110 Å². The minimum absolute atomic E-state index is 0. The maximum atomic E-state index is 11.0. The molecule has 14 heavy (non-hydrogen) atoms. The molecule has 2 unspecified atom stereocenters. The summed E-state index contributed by atoms with van der Waals surface area (Å²) in [6, 6.07) is 0. The van der Waals surface area contributed by atoms with Crippen molar-refractivity contribution in [2.45, 2.75) is 26.1 Å². The fourth-order valence-electron chi connectivity index (χ4n) is 0.972. The Morgan fingerprint density at radius 3 is 1.57 bits per heavy atom. The second-order valence-electron chi connectivity index (χ2n) is 2.76. The van der Waals surface area contributed by atoms with Gasteiger partial charge in [-0.3, -0.25) is 0 Å². The predicted molar refractivity (Wildman–Crippen MR) is 39.0 cm³/mol. The fourth-order valence-corrected chi connectivity index (χ4v) is 6.52. The standard InChI is InChI=1S/2C3H5O3.Na.Sb/c2*1-2(4)3(5)6;;/h2*2H,1H3,(H,5,6);;/q2*-1;+1;+3/p-2. The normalized spacial score (nSPS) is 45.3. The third-order valence-corrected chi connectivity index (χ3v) is 7.22. The molecule has 2 fully saturated rings. The molecule has 2 heterocycles. The number of rotatable bonds is 0. The second kappa shape index (κ2) is 4.27. The summed E-state index contributed by atoms with van der Waals surface area (Å²) in [6.45, 7) is 3.07. The third-order valence-electron chi connectivity index (χ3n) is 1.64. The smallest absolute Gasteiger partial charge is 1.00 e. The molecule has 0 aromatic carbocycles. The molecule has 6 nitrogen and oxygen atoms in total. The first kappa shape index (κ1) is 12.7. The Morgan fingerprint density at radius 2 is 1.36 bits per heavy atom. The first-order valence-electron chi connectivity index (χ1n) is 3.75. The molecule has 2 atom stereocenters. The van der Waals surface area contributed by atoms with Crippen molar-refractivity contribution < 1.29 is 51.2 Å². The summed E-state index contributed by atoms with van der Waals surface area (Å²) < 4.78 is 19.9. The molecule has 2 rings (SSSR count). The summed E-state index contributed by atoms with van der Waals surface area (Å²) in [4.78, 5) is 22.0. The molecule has 2 saturated heterocycles. The van der Waals surface area contributed by atoms with Crippen molar-refractivity contribution >= 4 is 32.4 Å². The SMILES string of the molecule is CC1[O][Sb-]2([O]C1=O)[O]C(=O)C(C)[O]2.[Na+]. The average Bonchev–Trinajstić information content (AvgIpc) is 2.39. The van der Waals surface area contributed by atoms with Gasteiger partial charge in [-0.25, -0.2) is 0 Å². The van der Waals surface area contributed by atoms with Gasteiger partial charge in [0.15, 0.2) is 0 Å². The van der Waals surface area contributed by atoms with E-state index in [4.69, 9.17) is 12.1 Å². The van der Waals surface area contributed by atoms with E-state index in [0.29, 0.717) is 0 Å². The van der Waals surface area contributed by atoms with Gasteiger partial charge in [0.05, 0.1) is 0 Å². The van der Waals surface area contributed by atoms with E-state index < -0.39 is 44.6 Å². The van der Waals surface area contributed by atoms with Crippen molar-refractivity contribution in [3.05, 3.63) is 0 Å². The van der Waals surface area contributed by atoms with Crippen LogP contribution < -0.4 is 29.6 Å². The molecule has 0 aromatic heterocycles. The molecule has 2 aliphatic rings. The molecule has 0 aromatic rings. The first-order valence-corrected chi connectivity index (χ1v) is 7.92. The zero-order chi connectivity index (χ0) is 9.64. The summed E-state index contributed by atoms with van der Waals surface area (Å²) in [5, 5.41) is 0. The van der Waals surface area contributed by atoms with Crippen LogP contribution >= 0.6 is 0 Å². The van der Waals surface area contributed by atoms with E-state index in [1.807, 2.05) is 0 Å². The maximum absolute atomic E-state index is 11.0. The van der Waals surface area contributed by atoms with E-state index in [1.54, 1.807) is 0 Å². The number of hydrogen-bond acceptors (Lipinski definition) is 6. The van der Waals surface area contributed by atoms with Gasteiger partial charge in [0, 0.05) is 0 Å². The van der Waals surface area contributed by atoms with Crippen LogP contribution in [0.3, 0.4) is 0 Å². The minimum Gasteiger partial charge on any atom is 1.00 e. The monoisotopic (exact) mass is 320 g/mol. The molecule has 0 radical (unpaired) electrons. The van der Waals surface area contributed by atoms with Gasteiger partial charge in [0.25, 0.3) is 0 Å². The third kappa shape index (κ3) is 2.10. The zero-order valence-corrected chi connectivity index (χ0v) is 12.6. The van der Waals surface area contributed by atoms with Gasteiger partial charge in [-0.05, 0) is 0 Å². The Hall–Kier alpha value is 0.678. The van der Waals surface area contributed by atoms with Crippen molar-refractivity contribution in [3.63, 3.8) is 0 Å². The van der Waals surface area contributed by atoms with E-state index >= 15 is 0 Å². The van der Waals surface area contributed by atoms with Gasteiger partial charge in [-0.2, -0.15) is 0 Å². The largest absolute Gasteiger partial charge is 1.00 e. The van der Waals surface area contributed by atoms with Crippen LogP contribution in [0.5, 0.6) is 0 Å². The summed E-state index contributed by atoms with van der Waals surface area (Å²) in [6.07, 6.45) is -1.38. The van der Waals surface area contributed by atoms with Gasteiger partial charge in [-0.15, -0.1) is 0 Å². The predicted octanol–water partition coefficient (Wildman–Crippen LogP) is -3.65. The van der Waals surface area contributed by atoms with Crippen LogP contribution in [0.4, 0.5) is 0 Å². The van der Waals surface area contributed by atoms with Crippen LogP contribution in [-0.4, -0.2) is 44.6 Å². The van der Waals surface area contributed by atoms with Gasteiger partial charge < -0.3 is 0 Å². The summed E-state index contributed by atoms with van der Waals surface area (Å²) in [5.74, 6) is -1.04. The zero-order valence-electron chi connectivity index (χ0n) is 8.05. The molecule has 1 spiro atoms.